The molecule has 0 saturated carbocycles. The van der Waals surface area contributed by atoms with Crippen LogP contribution in [-0.4, -0.2) is 54.2 Å². The molecule has 1 saturated heterocycles. The van der Waals surface area contributed by atoms with Gasteiger partial charge in [-0.1, -0.05) is 43.6 Å². The third kappa shape index (κ3) is 4.76. The van der Waals surface area contributed by atoms with Crippen LogP contribution in [0.2, 0.25) is 5.02 Å². The minimum atomic E-state index is -0.151. The molecule has 1 N–H and O–H groups in total. The zero-order valence-electron chi connectivity index (χ0n) is 17.3. The highest BCUT2D eigenvalue weighted by Gasteiger charge is 2.23. The lowest BCUT2D eigenvalue weighted by atomic mass is 9.97. The molecule has 0 spiro atoms. The Morgan fingerprint density at radius 2 is 1.96 bits per heavy atom. The molecule has 1 aromatic carbocycles. The average Bonchev–Trinajstić information content (AvgIpc) is 3.14. The van der Waals surface area contributed by atoms with E-state index in [0.717, 1.165) is 37.2 Å². The molecule has 0 aliphatic carbocycles. The molecule has 2 aromatic rings. The second-order valence-electron chi connectivity index (χ2n) is 8.07. The van der Waals surface area contributed by atoms with E-state index in [9.17, 15) is 0 Å². The first-order chi connectivity index (χ1) is 13.3. The highest BCUT2D eigenvalue weighted by Crippen LogP contribution is 2.25. The smallest absolute Gasteiger partial charge is 0.232 e. The Kier molecular flexibility index (Phi) is 6.13. The molecular formula is C20H29ClN6O. The van der Waals surface area contributed by atoms with E-state index < -0.39 is 0 Å². The average molecular weight is 405 g/mol. The summed E-state index contributed by atoms with van der Waals surface area (Å²) in [6.07, 6.45) is 0. The lowest BCUT2D eigenvalue weighted by molar-refractivity contribution is 0.317. The summed E-state index contributed by atoms with van der Waals surface area (Å²) in [5.74, 6) is 2.13. The quantitative estimate of drug-likeness (QED) is 0.625. The summed E-state index contributed by atoms with van der Waals surface area (Å²) >= 11 is 6.18. The maximum atomic E-state index is 6.18. The number of hydrogen-bond acceptors (Lipinski definition) is 5. The van der Waals surface area contributed by atoms with Crippen molar-refractivity contribution in [3.63, 3.8) is 0 Å². The second-order valence-corrected chi connectivity index (χ2v) is 8.51. The van der Waals surface area contributed by atoms with Crippen LogP contribution in [0.4, 0.5) is 5.69 Å². The number of aryl methyl sites for hydroxylation is 1. The van der Waals surface area contributed by atoms with Gasteiger partial charge < -0.3 is 19.6 Å². The fraction of sp³-hybridized carbons (Fsp3) is 0.550. The number of anilines is 1. The summed E-state index contributed by atoms with van der Waals surface area (Å²) in [4.78, 5) is 13.5. The number of aromatic nitrogens is 2. The normalized spacial score (nSPS) is 15.9. The van der Waals surface area contributed by atoms with Crippen molar-refractivity contribution < 1.29 is 4.52 Å². The summed E-state index contributed by atoms with van der Waals surface area (Å²) in [7, 11) is 1.80. The monoisotopic (exact) mass is 404 g/mol. The topological polar surface area (TPSA) is 69.8 Å². The van der Waals surface area contributed by atoms with Crippen LogP contribution in [0.3, 0.4) is 0 Å². The fourth-order valence-corrected chi connectivity index (χ4v) is 3.37. The Morgan fingerprint density at radius 1 is 1.25 bits per heavy atom. The van der Waals surface area contributed by atoms with Crippen LogP contribution in [-0.2, 0) is 12.0 Å². The van der Waals surface area contributed by atoms with E-state index in [4.69, 9.17) is 16.1 Å². The molecular weight excluding hydrogens is 376 g/mol. The molecule has 0 radical (unpaired) electrons. The molecule has 1 aromatic heterocycles. The highest BCUT2D eigenvalue weighted by molar-refractivity contribution is 6.30. The second kappa shape index (κ2) is 8.39. The minimum absolute atomic E-state index is 0.151. The van der Waals surface area contributed by atoms with Crippen molar-refractivity contribution in [1.29, 1.82) is 0 Å². The molecule has 0 atom stereocenters. The van der Waals surface area contributed by atoms with Crippen molar-refractivity contribution >= 4 is 23.2 Å². The molecule has 1 aliphatic rings. The Morgan fingerprint density at radius 3 is 2.57 bits per heavy atom. The molecule has 7 nitrogen and oxygen atoms in total. The lowest BCUT2D eigenvalue weighted by Gasteiger charge is -2.38. The zero-order chi connectivity index (χ0) is 20.3. The van der Waals surface area contributed by atoms with Gasteiger partial charge in [-0.15, -0.1) is 0 Å². The van der Waals surface area contributed by atoms with Crippen LogP contribution in [0.1, 0.15) is 38.0 Å². The van der Waals surface area contributed by atoms with E-state index in [1.165, 1.54) is 11.3 Å². The molecule has 0 unspecified atom stereocenters. The molecule has 152 valence electrons. The number of benzene rings is 1. The maximum Gasteiger partial charge on any atom is 0.232 e. The van der Waals surface area contributed by atoms with Gasteiger partial charge in [-0.25, -0.2) is 0 Å². The Hall–Kier alpha value is -2.28. The van der Waals surface area contributed by atoms with Crippen LogP contribution in [0.15, 0.2) is 27.7 Å². The number of piperazine rings is 1. The van der Waals surface area contributed by atoms with Crippen LogP contribution < -0.4 is 10.2 Å². The summed E-state index contributed by atoms with van der Waals surface area (Å²) in [5.41, 5.74) is 2.30. The first kappa shape index (κ1) is 20.5. The van der Waals surface area contributed by atoms with Gasteiger partial charge in [-0.05, 0) is 24.6 Å². The van der Waals surface area contributed by atoms with E-state index in [2.05, 4.69) is 64.0 Å². The molecule has 0 bridgehead atoms. The van der Waals surface area contributed by atoms with Crippen LogP contribution in [0, 0.1) is 6.92 Å². The SMILES string of the molecule is CN=C(NCc1noc(C(C)(C)C)n1)N1CCN(c2cc(Cl)ccc2C)CC1. The summed E-state index contributed by atoms with van der Waals surface area (Å²) in [6, 6.07) is 6.05. The Labute approximate surface area is 171 Å². The van der Waals surface area contributed by atoms with Gasteiger partial charge in [0.05, 0.1) is 6.54 Å². The number of guanidine groups is 1. The largest absolute Gasteiger partial charge is 0.368 e. The third-order valence-electron chi connectivity index (χ3n) is 4.82. The minimum Gasteiger partial charge on any atom is -0.368 e. The first-order valence-electron chi connectivity index (χ1n) is 9.57. The van der Waals surface area contributed by atoms with Gasteiger partial charge in [0.2, 0.25) is 5.89 Å². The summed E-state index contributed by atoms with van der Waals surface area (Å²) < 4.78 is 5.35. The van der Waals surface area contributed by atoms with Crippen molar-refractivity contribution in [3.05, 3.63) is 40.5 Å². The number of halogens is 1. The molecule has 3 rings (SSSR count). The van der Waals surface area contributed by atoms with E-state index >= 15 is 0 Å². The van der Waals surface area contributed by atoms with Gasteiger partial charge in [0, 0.05) is 49.4 Å². The van der Waals surface area contributed by atoms with E-state index in [1.54, 1.807) is 7.05 Å². The van der Waals surface area contributed by atoms with Gasteiger partial charge >= 0.3 is 0 Å². The number of rotatable bonds is 3. The van der Waals surface area contributed by atoms with E-state index in [0.29, 0.717) is 18.3 Å². The highest BCUT2D eigenvalue weighted by atomic mass is 35.5. The third-order valence-corrected chi connectivity index (χ3v) is 5.05. The van der Waals surface area contributed by atoms with Crippen molar-refractivity contribution in [2.24, 2.45) is 4.99 Å². The van der Waals surface area contributed by atoms with E-state index in [-0.39, 0.29) is 5.41 Å². The van der Waals surface area contributed by atoms with Crippen molar-refractivity contribution in [3.8, 4) is 0 Å². The van der Waals surface area contributed by atoms with Crippen LogP contribution in [0.25, 0.3) is 0 Å². The van der Waals surface area contributed by atoms with Gasteiger partial charge in [0.15, 0.2) is 11.8 Å². The first-order valence-corrected chi connectivity index (χ1v) is 9.95. The number of nitrogens with zero attached hydrogens (tertiary/aromatic N) is 5. The van der Waals surface area contributed by atoms with Crippen LogP contribution >= 0.6 is 11.6 Å². The molecule has 28 heavy (non-hydrogen) atoms. The predicted octanol–water partition coefficient (Wildman–Crippen LogP) is 3.23. The molecule has 1 aliphatic heterocycles. The van der Waals surface area contributed by atoms with Gasteiger partial charge in [-0.2, -0.15) is 4.98 Å². The Balaban J connectivity index is 1.56. The van der Waals surface area contributed by atoms with Crippen molar-refractivity contribution in [1.82, 2.24) is 20.4 Å². The molecule has 2 heterocycles. The van der Waals surface area contributed by atoms with Gasteiger partial charge in [0.25, 0.3) is 0 Å². The van der Waals surface area contributed by atoms with Gasteiger partial charge in [0.1, 0.15) is 0 Å². The molecule has 0 amide bonds. The number of hydrogen-bond donors (Lipinski definition) is 1. The molecule has 8 heteroatoms. The summed E-state index contributed by atoms with van der Waals surface area (Å²) in [6.45, 7) is 12.4. The standard InChI is InChI=1S/C20H29ClN6O/c1-14-6-7-15(21)12-16(14)26-8-10-27(11-9-26)19(22-5)23-13-17-24-18(28-25-17)20(2,3)4/h6-7,12H,8-11,13H2,1-5H3,(H,22,23). The lowest BCUT2D eigenvalue weighted by Crippen LogP contribution is -2.52. The van der Waals surface area contributed by atoms with E-state index in [1.807, 2.05) is 12.1 Å². The summed E-state index contributed by atoms with van der Waals surface area (Å²) in [5, 5.41) is 8.18. The van der Waals surface area contributed by atoms with Crippen LogP contribution in [0.5, 0.6) is 0 Å². The van der Waals surface area contributed by atoms with Crippen molar-refractivity contribution in [2.75, 3.05) is 38.1 Å². The number of nitrogens with one attached hydrogen (secondary N) is 1. The fourth-order valence-electron chi connectivity index (χ4n) is 3.20. The van der Waals surface area contributed by atoms with Gasteiger partial charge in [-0.3, -0.25) is 4.99 Å². The Bertz CT molecular complexity index is 833. The molecule has 1 fully saturated rings. The van der Waals surface area contributed by atoms with Crippen molar-refractivity contribution in [2.45, 2.75) is 39.7 Å². The maximum absolute atomic E-state index is 6.18. The predicted molar refractivity (Wildman–Crippen MR) is 113 cm³/mol. The zero-order valence-corrected chi connectivity index (χ0v) is 18.0. The number of aliphatic imine (C=N–C) groups is 1.